The minimum atomic E-state index is -0.968. The molecule has 0 fully saturated rings. The zero-order valence-electron chi connectivity index (χ0n) is 7.87. The van der Waals surface area contributed by atoms with Crippen LogP contribution in [-0.2, 0) is 9.53 Å². The third kappa shape index (κ3) is 3.44. The van der Waals surface area contributed by atoms with Crippen LogP contribution in [0.25, 0.3) is 0 Å². The van der Waals surface area contributed by atoms with Gasteiger partial charge in [0, 0.05) is 4.47 Å². The molecular weight excluding hydrogens is 288 g/mol. The Morgan fingerprint density at radius 1 is 1.60 bits per heavy atom. The summed E-state index contributed by atoms with van der Waals surface area (Å²) in [7, 11) is 1.23. The second kappa shape index (κ2) is 6.05. The van der Waals surface area contributed by atoms with Crippen LogP contribution >= 0.6 is 28.3 Å². The lowest BCUT2D eigenvalue weighted by Gasteiger charge is -2.11. The molecule has 0 aliphatic rings. The number of hydrogen-bond acceptors (Lipinski definition) is 3. The summed E-state index contributed by atoms with van der Waals surface area (Å²) in [6, 6.07) is 3.00. The van der Waals surface area contributed by atoms with Crippen LogP contribution in [0.4, 0.5) is 4.39 Å². The average Bonchev–Trinajstić information content (AvgIpc) is 2.19. The van der Waals surface area contributed by atoms with Gasteiger partial charge in [0.1, 0.15) is 11.9 Å². The molecule has 1 aromatic rings. The van der Waals surface area contributed by atoms with Crippen molar-refractivity contribution >= 4 is 34.3 Å². The highest BCUT2D eigenvalue weighted by Gasteiger charge is 2.19. The third-order valence-corrected chi connectivity index (χ3v) is 2.47. The highest BCUT2D eigenvalue weighted by molar-refractivity contribution is 9.10. The van der Waals surface area contributed by atoms with Crippen molar-refractivity contribution in [3.63, 3.8) is 0 Å². The lowest BCUT2D eigenvalue weighted by Crippen LogP contribution is -2.23. The van der Waals surface area contributed by atoms with Crippen LogP contribution in [0, 0.1) is 5.82 Å². The Balaban J connectivity index is 0.00000196. The van der Waals surface area contributed by atoms with E-state index in [9.17, 15) is 9.18 Å². The molecule has 0 heterocycles. The van der Waals surface area contributed by atoms with E-state index in [2.05, 4.69) is 20.7 Å². The molecule has 1 rings (SSSR count). The molecule has 1 aromatic carbocycles. The summed E-state index contributed by atoms with van der Waals surface area (Å²) in [5.41, 5.74) is 5.92. The van der Waals surface area contributed by atoms with E-state index in [-0.39, 0.29) is 12.4 Å². The van der Waals surface area contributed by atoms with E-state index in [0.717, 1.165) is 0 Å². The normalized spacial score (nSPS) is 11.5. The predicted octanol–water partition coefficient (Wildman–Crippen LogP) is 2.18. The van der Waals surface area contributed by atoms with Gasteiger partial charge in [0.25, 0.3) is 0 Å². The Hall–Kier alpha value is -0.650. The molecule has 0 aromatic heterocycles. The van der Waals surface area contributed by atoms with Gasteiger partial charge in [-0.3, -0.25) is 4.79 Å². The lowest BCUT2D eigenvalue weighted by atomic mass is 10.1. The number of halogens is 3. The average molecular weight is 299 g/mol. The Bertz CT molecular complexity index is 362. The number of benzene rings is 1. The van der Waals surface area contributed by atoms with Crippen molar-refractivity contribution in [3.8, 4) is 0 Å². The second-order valence-corrected chi connectivity index (χ2v) is 3.52. The van der Waals surface area contributed by atoms with Crippen LogP contribution in [0.2, 0.25) is 0 Å². The van der Waals surface area contributed by atoms with Gasteiger partial charge in [-0.25, -0.2) is 4.39 Å². The molecule has 6 heteroatoms. The number of methoxy groups -OCH3 is 1. The molecule has 84 valence electrons. The molecule has 0 aliphatic heterocycles. The molecule has 1 atom stereocenters. The molecule has 3 nitrogen and oxygen atoms in total. The van der Waals surface area contributed by atoms with E-state index < -0.39 is 17.8 Å². The van der Waals surface area contributed by atoms with E-state index in [1.165, 1.54) is 25.3 Å². The minimum Gasteiger partial charge on any atom is -0.468 e. The number of carbonyl (C=O) groups is 1. The highest BCUT2D eigenvalue weighted by Crippen LogP contribution is 2.23. The van der Waals surface area contributed by atoms with Gasteiger partial charge in [-0.05, 0) is 23.8 Å². The third-order valence-electron chi connectivity index (χ3n) is 1.75. The maximum absolute atomic E-state index is 12.8. The van der Waals surface area contributed by atoms with Crippen LogP contribution in [0.3, 0.4) is 0 Å². The molecule has 0 saturated heterocycles. The number of nitrogens with two attached hydrogens (primary N) is 1. The summed E-state index contributed by atoms with van der Waals surface area (Å²) >= 11 is 3.17. The van der Waals surface area contributed by atoms with Gasteiger partial charge in [-0.15, -0.1) is 12.4 Å². The summed E-state index contributed by atoms with van der Waals surface area (Å²) in [4.78, 5) is 11.1. The Morgan fingerprint density at radius 2 is 2.20 bits per heavy atom. The molecule has 0 spiro atoms. The van der Waals surface area contributed by atoms with E-state index in [0.29, 0.717) is 10.0 Å². The number of esters is 1. The van der Waals surface area contributed by atoms with Gasteiger partial charge in [0.15, 0.2) is 0 Å². The Morgan fingerprint density at radius 3 is 2.73 bits per heavy atom. The number of hydrogen-bond donors (Lipinski definition) is 1. The van der Waals surface area contributed by atoms with E-state index >= 15 is 0 Å². The second-order valence-electron chi connectivity index (χ2n) is 2.67. The monoisotopic (exact) mass is 297 g/mol. The van der Waals surface area contributed by atoms with Crippen molar-refractivity contribution in [1.82, 2.24) is 0 Å². The quantitative estimate of drug-likeness (QED) is 0.852. The summed E-state index contributed by atoms with van der Waals surface area (Å²) in [6.45, 7) is 0. The molecule has 0 amide bonds. The van der Waals surface area contributed by atoms with Crippen LogP contribution in [-0.4, -0.2) is 13.1 Å². The predicted molar refractivity (Wildman–Crippen MR) is 60.3 cm³/mol. The fraction of sp³-hybridized carbons (Fsp3) is 0.222. The van der Waals surface area contributed by atoms with Crippen LogP contribution in [0.15, 0.2) is 22.7 Å². The summed E-state index contributed by atoms with van der Waals surface area (Å²) in [5.74, 6) is -1.04. The molecular formula is C9H10BrClFNO2. The van der Waals surface area contributed by atoms with Crippen molar-refractivity contribution in [3.05, 3.63) is 34.1 Å². The first kappa shape index (κ1) is 14.3. The first-order chi connectivity index (χ1) is 6.56. The molecule has 0 radical (unpaired) electrons. The summed E-state index contributed by atoms with van der Waals surface area (Å²) in [6.07, 6.45) is 0. The molecule has 2 N–H and O–H groups in total. The fourth-order valence-electron chi connectivity index (χ4n) is 1.01. The SMILES string of the molecule is COC(=O)[C@@H](N)c1cc(F)ccc1Br.Cl. The summed E-state index contributed by atoms with van der Waals surface area (Å²) in [5, 5.41) is 0. The van der Waals surface area contributed by atoms with Crippen LogP contribution < -0.4 is 5.73 Å². The van der Waals surface area contributed by atoms with Crippen molar-refractivity contribution in [2.45, 2.75) is 6.04 Å². The first-order valence-electron chi connectivity index (χ1n) is 3.84. The van der Waals surface area contributed by atoms with Gasteiger partial charge in [-0.2, -0.15) is 0 Å². The molecule has 15 heavy (non-hydrogen) atoms. The minimum absolute atomic E-state index is 0. The Labute approximate surface area is 101 Å². The van der Waals surface area contributed by atoms with Crippen molar-refractivity contribution < 1.29 is 13.9 Å². The van der Waals surface area contributed by atoms with Crippen molar-refractivity contribution in [1.29, 1.82) is 0 Å². The molecule has 0 bridgehead atoms. The topological polar surface area (TPSA) is 52.3 Å². The standard InChI is InChI=1S/C9H9BrFNO2.ClH/c1-14-9(13)8(12)6-4-5(11)2-3-7(6)10;/h2-4,8H,12H2,1H3;1H/t8-;/m0./s1. The first-order valence-corrected chi connectivity index (χ1v) is 4.64. The largest absolute Gasteiger partial charge is 0.468 e. The highest BCUT2D eigenvalue weighted by atomic mass is 79.9. The maximum Gasteiger partial charge on any atom is 0.327 e. The van der Waals surface area contributed by atoms with E-state index in [1.54, 1.807) is 0 Å². The van der Waals surface area contributed by atoms with Crippen molar-refractivity contribution in [2.75, 3.05) is 7.11 Å². The summed E-state index contributed by atoms with van der Waals surface area (Å²) < 4.78 is 17.9. The van der Waals surface area contributed by atoms with Crippen LogP contribution in [0.1, 0.15) is 11.6 Å². The maximum atomic E-state index is 12.8. The Kier molecular flexibility index (Phi) is 5.79. The fourth-order valence-corrected chi connectivity index (χ4v) is 1.50. The van der Waals surface area contributed by atoms with Gasteiger partial charge >= 0.3 is 5.97 Å². The number of rotatable bonds is 2. The molecule has 0 saturated carbocycles. The molecule has 0 unspecified atom stereocenters. The zero-order chi connectivity index (χ0) is 10.7. The van der Waals surface area contributed by atoms with Crippen molar-refractivity contribution in [2.24, 2.45) is 5.73 Å². The zero-order valence-corrected chi connectivity index (χ0v) is 10.3. The van der Waals surface area contributed by atoms with Gasteiger partial charge in [-0.1, -0.05) is 15.9 Å². The van der Waals surface area contributed by atoms with Crippen LogP contribution in [0.5, 0.6) is 0 Å². The van der Waals surface area contributed by atoms with Gasteiger partial charge < -0.3 is 10.5 Å². The number of carbonyl (C=O) groups excluding carboxylic acids is 1. The molecule has 0 aliphatic carbocycles. The van der Waals surface area contributed by atoms with Gasteiger partial charge in [0.2, 0.25) is 0 Å². The lowest BCUT2D eigenvalue weighted by molar-refractivity contribution is -0.142. The smallest absolute Gasteiger partial charge is 0.327 e. The number of ether oxygens (including phenoxy) is 1. The van der Waals surface area contributed by atoms with Gasteiger partial charge in [0.05, 0.1) is 7.11 Å². The van der Waals surface area contributed by atoms with E-state index in [4.69, 9.17) is 5.73 Å². The van der Waals surface area contributed by atoms with E-state index in [1.807, 2.05) is 0 Å².